The molecule has 5 nitrogen and oxygen atoms in total. The highest BCUT2D eigenvalue weighted by Crippen LogP contribution is 2.09. The molecule has 0 fully saturated rings. The lowest BCUT2D eigenvalue weighted by Gasteiger charge is -2.08. The van der Waals surface area contributed by atoms with E-state index in [1.807, 2.05) is 0 Å². The van der Waals surface area contributed by atoms with Crippen LogP contribution < -0.4 is 10.6 Å². The van der Waals surface area contributed by atoms with E-state index in [1.54, 1.807) is 30.3 Å². The number of urea groups is 1. The number of amides is 2. The first-order valence-electron chi connectivity index (χ1n) is 7.01. The van der Waals surface area contributed by atoms with Crippen molar-refractivity contribution in [2.45, 2.75) is 11.4 Å². The van der Waals surface area contributed by atoms with Gasteiger partial charge < -0.3 is 10.6 Å². The zero-order valence-electron chi connectivity index (χ0n) is 12.3. The Balaban J connectivity index is 1.75. The summed E-state index contributed by atoms with van der Waals surface area (Å²) in [7, 11) is -3.41. The molecule has 0 aromatic heterocycles. The Kier molecular flexibility index (Phi) is 5.70. The van der Waals surface area contributed by atoms with Gasteiger partial charge in [-0.3, -0.25) is 0 Å². The summed E-state index contributed by atoms with van der Waals surface area (Å²) in [4.78, 5) is 11.8. The molecule has 0 aliphatic heterocycles. The molecule has 0 bridgehead atoms. The minimum Gasteiger partial charge on any atom is -0.337 e. The maximum atomic E-state index is 12.7. The Morgan fingerprint density at radius 1 is 0.957 bits per heavy atom. The summed E-state index contributed by atoms with van der Waals surface area (Å²) in [5.74, 6) is -0.523. The third-order valence-corrected chi connectivity index (χ3v) is 4.86. The summed E-state index contributed by atoms with van der Waals surface area (Å²) < 4.78 is 36.8. The molecule has 0 radical (unpaired) electrons. The van der Waals surface area contributed by atoms with E-state index in [-0.39, 0.29) is 29.6 Å². The standard InChI is InChI=1S/C16H17FN2O3S/c17-14-8-6-13(7-9-14)12-19-16(20)18-10-11-23(21,22)15-4-2-1-3-5-15/h1-9H,10-12H2,(H2,18,19,20). The number of halogens is 1. The maximum Gasteiger partial charge on any atom is 0.315 e. The van der Waals surface area contributed by atoms with Crippen molar-refractivity contribution in [3.8, 4) is 0 Å². The van der Waals surface area contributed by atoms with E-state index in [1.165, 1.54) is 24.3 Å². The Hall–Kier alpha value is -2.41. The zero-order valence-corrected chi connectivity index (χ0v) is 13.1. The van der Waals surface area contributed by atoms with Crippen molar-refractivity contribution in [2.75, 3.05) is 12.3 Å². The average Bonchev–Trinajstić information content (AvgIpc) is 2.55. The number of carbonyl (C=O) groups is 1. The third-order valence-electron chi connectivity index (χ3n) is 3.12. The van der Waals surface area contributed by atoms with E-state index in [9.17, 15) is 17.6 Å². The molecular formula is C16H17FN2O3S. The first-order chi connectivity index (χ1) is 11.0. The quantitative estimate of drug-likeness (QED) is 0.848. The van der Waals surface area contributed by atoms with Gasteiger partial charge in [-0.1, -0.05) is 30.3 Å². The normalized spacial score (nSPS) is 11.0. The SMILES string of the molecule is O=C(NCCS(=O)(=O)c1ccccc1)NCc1ccc(F)cc1. The van der Waals surface area contributed by atoms with Gasteiger partial charge in [-0.25, -0.2) is 17.6 Å². The van der Waals surface area contributed by atoms with E-state index in [0.29, 0.717) is 0 Å². The Bertz CT molecular complexity index is 747. The molecule has 2 amide bonds. The van der Waals surface area contributed by atoms with Gasteiger partial charge in [-0.15, -0.1) is 0 Å². The summed E-state index contributed by atoms with van der Waals surface area (Å²) in [6.07, 6.45) is 0. The molecule has 0 atom stereocenters. The second-order valence-corrected chi connectivity index (χ2v) is 6.98. The van der Waals surface area contributed by atoms with Gasteiger partial charge in [0.25, 0.3) is 0 Å². The van der Waals surface area contributed by atoms with Crippen LogP contribution in [0.4, 0.5) is 9.18 Å². The van der Waals surface area contributed by atoms with Crippen LogP contribution >= 0.6 is 0 Å². The van der Waals surface area contributed by atoms with Crippen LogP contribution in [0.5, 0.6) is 0 Å². The zero-order chi connectivity index (χ0) is 16.7. The summed E-state index contributed by atoms with van der Waals surface area (Å²) in [6.45, 7) is 0.240. The fraction of sp³-hybridized carbons (Fsp3) is 0.188. The number of hydrogen-bond acceptors (Lipinski definition) is 3. The van der Waals surface area contributed by atoms with Crippen LogP contribution in [-0.4, -0.2) is 26.7 Å². The van der Waals surface area contributed by atoms with Crippen LogP contribution in [0.3, 0.4) is 0 Å². The number of nitrogens with one attached hydrogen (secondary N) is 2. The first-order valence-corrected chi connectivity index (χ1v) is 8.66. The number of hydrogen-bond donors (Lipinski definition) is 2. The molecular weight excluding hydrogens is 319 g/mol. The van der Waals surface area contributed by atoms with E-state index in [0.717, 1.165) is 5.56 Å². The number of rotatable bonds is 6. The van der Waals surface area contributed by atoms with E-state index < -0.39 is 15.9 Å². The number of benzene rings is 2. The van der Waals surface area contributed by atoms with Crippen LogP contribution in [0.1, 0.15) is 5.56 Å². The van der Waals surface area contributed by atoms with Gasteiger partial charge in [0.15, 0.2) is 9.84 Å². The van der Waals surface area contributed by atoms with Crippen molar-refractivity contribution in [2.24, 2.45) is 0 Å². The highest BCUT2D eigenvalue weighted by molar-refractivity contribution is 7.91. The lowest BCUT2D eigenvalue weighted by molar-refractivity contribution is 0.241. The fourth-order valence-corrected chi connectivity index (χ4v) is 3.07. The highest BCUT2D eigenvalue weighted by atomic mass is 32.2. The van der Waals surface area contributed by atoms with Crippen molar-refractivity contribution in [3.63, 3.8) is 0 Å². The Labute approximate surface area is 134 Å². The molecule has 2 aromatic carbocycles. The summed E-state index contributed by atoms with van der Waals surface area (Å²) in [5.41, 5.74) is 0.749. The van der Waals surface area contributed by atoms with Gasteiger partial charge in [-0.2, -0.15) is 0 Å². The summed E-state index contributed by atoms with van der Waals surface area (Å²) in [6, 6.07) is 13.3. The predicted octanol–water partition coefficient (Wildman–Crippen LogP) is 2.10. The minimum absolute atomic E-state index is 0.00643. The molecule has 0 saturated carbocycles. The molecule has 23 heavy (non-hydrogen) atoms. The number of sulfone groups is 1. The van der Waals surface area contributed by atoms with Crippen molar-refractivity contribution in [1.29, 1.82) is 0 Å². The summed E-state index contributed by atoms with van der Waals surface area (Å²) >= 11 is 0. The van der Waals surface area contributed by atoms with Gasteiger partial charge in [0.05, 0.1) is 10.6 Å². The van der Waals surface area contributed by atoms with Gasteiger partial charge >= 0.3 is 6.03 Å². The lowest BCUT2D eigenvalue weighted by Crippen LogP contribution is -2.37. The molecule has 0 aliphatic rings. The molecule has 0 aliphatic carbocycles. The fourth-order valence-electron chi connectivity index (χ4n) is 1.89. The van der Waals surface area contributed by atoms with Crippen molar-refractivity contribution >= 4 is 15.9 Å². The van der Waals surface area contributed by atoms with E-state index in [4.69, 9.17) is 0 Å². The number of carbonyl (C=O) groups excluding carboxylic acids is 1. The van der Waals surface area contributed by atoms with Crippen LogP contribution in [0.2, 0.25) is 0 Å². The van der Waals surface area contributed by atoms with Crippen LogP contribution in [0, 0.1) is 5.82 Å². The molecule has 0 unspecified atom stereocenters. The van der Waals surface area contributed by atoms with Gasteiger partial charge in [0, 0.05) is 13.1 Å². The summed E-state index contributed by atoms with van der Waals surface area (Å²) in [5, 5.41) is 5.06. The van der Waals surface area contributed by atoms with Crippen LogP contribution in [0.15, 0.2) is 59.5 Å². The highest BCUT2D eigenvalue weighted by Gasteiger charge is 2.13. The molecule has 0 saturated heterocycles. The molecule has 2 N–H and O–H groups in total. The monoisotopic (exact) mass is 336 g/mol. The molecule has 0 heterocycles. The molecule has 2 aromatic rings. The topological polar surface area (TPSA) is 75.3 Å². The molecule has 7 heteroatoms. The second-order valence-electron chi connectivity index (χ2n) is 4.87. The van der Waals surface area contributed by atoms with Crippen molar-refractivity contribution in [1.82, 2.24) is 10.6 Å². The van der Waals surface area contributed by atoms with E-state index >= 15 is 0 Å². The van der Waals surface area contributed by atoms with Crippen molar-refractivity contribution < 1.29 is 17.6 Å². The van der Waals surface area contributed by atoms with Gasteiger partial charge in [-0.05, 0) is 29.8 Å². The predicted molar refractivity (Wildman–Crippen MR) is 85.1 cm³/mol. The largest absolute Gasteiger partial charge is 0.337 e. The molecule has 0 spiro atoms. The lowest BCUT2D eigenvalue weighted by atomic mass is 10.2. The molecule has 2 rings (SSSR count). The van der Waals surface area contributed by atoms with Gasteiger partial charge in [0.1, 0.15) is 5.82 Å². The minimum atomic E-state index is -3.41. The first kappa shape index (κ1) is 17.0. The Morgan fingerprint density at radius 2 is 1.61 bits per heavy atom. The van der Waals surface area contributed by atoms with Crippen molar-refractivity contribution in [3.05, 3.63) is 66.0 Å². The average molecular weight is 336 g/mol. The smallest absolute Gasteiger partial charge is 0.315 e. The van der Waals surface area contributed by atoms with E-state index in [2.05, 4.69) is 10.6 Å². The second kappa shape index (κ2) is 7.73. The van der Waals surface area contributed by atoms with Crippen LogP contribution in [-0.2, 0) is 16.4 Å². The van der Waals surface area contributed by atoms with Crippen LogP contribution in [0.25, 0.3) is 0 Å². The molecule has 122 valence electrons. The van der Waals surface area contributed by atoms with Gasteiger partial charge in [0.2, 0.25) is 0 Å². The Morgan fingerprint density at radius 3 is 2.26 bits per heavy atom. The maximum absolute atomic E-state index is 12.7. The third kappa shape index (κ3) is 5.37.